The number of aromatic nitrogens is 1. The molecule has 0 radical (unpaired) electrons. The van der Waals surface area contributed by atoms with Crippen molar-refractivity contribution in [3.05, 3.63) is 65.4 Å². The fourth-order valence-electron chi connectivity index (χ4n) is 2.31. The molecule has 2 aromatic carbocycles. The first-order chi connectivity index (χ1) is 9.29. The zero-order valence-corrected chi connectivity index (χ0v) is 11.1. The van der Waals surface area contributed by atoms with Gasteiger partial charge in [-0.25, -0.2) is 0 Å². The Labute approximate surface area is 116 Å². The van der Waals surface area contributed by atoms with Crippen molar-refractivity contribution in [2.24, 2.45) is 5.73 Å². The van der Waals surface area contributed by atoms with E-state index in [0.717, 1.165) is 27.5 Å². The van der Waals surface area contributed by atoms with E-state index in [1.165, 1.54) is 0 Å². The van der Waals surface area contributed by atoms with Gasteiger partial charge in [-0.2, -0.15) is 0 Å². The van der Waals surface area contributed by atoms with Crippen molar-refractivity contribution in [1.82, 2.24) is 4.98 Å². The van der Waals surface area contributed by atoms with E-state index in [9.17, 15) is 0 Å². The summed E-state index contributed by atoms with van der Waals surface area (Å²) in [6, 6.07) is 14.0. The Hall–Kier alpha value is -1.90. The summed E-state index contributed by atoms with van der Waals surface area (Å²) in [5.41, 5.74) is 9.02. The Morgan fingerprint density at radius 3 is 2.68 bits per heavy atom. The average Bonchev–Trinajstić information content (AvgIpc) is 2.46. The van der Waals surface area contributed by atoms with Crippen LogP contribution in [0.2, 0.25) is 5.02 Å². The number of rotatable bonds is 2. The Balaban J connectivity index is 2.33. The molecule has 1 aromatic heterocycles. The molecule has 0 amide bonds. The van der Waals surface area contributed by atoms with Crippen LogP contribution in [0.3, 0.4) is 0 Å². The quantitative estimate of drug-likeness (QED) is 0.763. The Bertz CT molecular complexity index is 732. The lowest BCUT2D eigenvalue weighted by Crippen LogP contribution is -1.99. The summed E-state index contributed by atoms with van der Waals surface area (Å²) < 4.78 is 0. The number of nitrogens with zero attached hydrogens (tertiary/aromatic N) is 1. The van der Waals surface area contributed by atoms with Crippen molar-refractivity contribution in [1.29, 1.82) is 0 Å². The topological polar surface area (TPSA) is 38.9 Å². The average molecular weight is 269 g/mol. The third kappa shape index (κ3) is 2.21. The predicted octanol–water partition coefficient (Wildman–Crippen LogP) is 4.01. The minimum Gasteiger partial charge on any atom is -0.326 e. The third-order valence-electron chi connectivity index (χ3n) is 3.25. The van der Waals surface area contributed by atoms with E-state index >= 15 is 0 Å². The number of nitrogens with two attached hydrogens (primary N) is 1. The highest BCUT2D eigenvalue weighted by atomic mass is 35.5. The maximum Gasteiger partial charge on any atom is 0.0412 e. The van der Waals surface area contributed by atoms with Gasteiger partial charge in [0.1, 0.15) is 0 Å². The number of hydrogen-bond donors (Lipinski definition) is 1. The lowest BCUT2D eigenvalue weighted by Gasteiger charge is -2.11. The van der Waals surface area contributed by atoms with E-state index in [1.54, 1.807) is 0 Å². The maximum atomic E-state index is 6.11. The molecule has 0 aliphatic rings. The van der Waals surface area contributed by atoms with Crippen LogP contribution in [0.4, 0.5) is 0 Å². The van der Waals surface area contributed by atoms with Gasteiger partial charge >= 0.3 is 0 Å². The van der Waals surface area contributed by atoms with Crippen molar-refractivity contribution < 1.29 is 0 Å². The maximum absolute atomic E-state index is 6.11. The number of benzene rings is 2. The third-order valence-corrected chi connectivity index (χ3v) is 3.49. The van der Waals surface area contributed by atoms with Crippen LogP contribution in [0.15, 0.2) is 54.9 Å². The molecule has 0 bridgehead atoms. The highest BCUT2D eigenvalue weighted by Gasteiger charge is 2.09. The summed E-state index contributed by atoms with van der Waals surface area (Å²) in [5, 5.41) is 2.98. The smallest absolute Gasteiger partial charge is 0.0412 e. The second-order valence-electron chi connectivity index (χ2n) is 4.41. The van der Waals surface area contributed by atoms with Crippen molar-refractivity contribution in [3.8, 4) is 11.1 Å². The van der Waals surface area contributed by atoms with Crippen LogP contribution < -0.4 is 5.73 Å². The predicted molar refractivity (Wildman–Crippen MR) is 80.1 cm³/mol. The molecule has 0 atom stereocenters. The van der Waals surface area contributed by atoms with Crippen LogP contribution >= 0.6 is 11.6 Å². The molecular weight excluding hydrogens is 256 g/mol. The zero-order valence-electron chi connectivity index (χ0n) is 10.3. The van der Waals surface area contributed by atoms with Gasteiger partial charge in [-0.15, -0.1) is 0 Å². The van der Waals surface area contributed by atoms with Crippen LogP contribution in [0, 0.1) is 0 Å². The van der Waals surface area contributed by atoms with E-state index in [2.05, 4.69) is 17.1 Å². The molecule has 2 nitrogen and oxygen atoms in total. The molecular formula is C16H13ClN2. The number of pyridine rings is 1. The molecule has 0 aliphatic heterocycles. The number of fused-ring (bicyclic) bond motifs is 1. The first-order valence-corrected chi connectivity index (χ1v) is 6.49. The fraction of sp³-hybridized carbons (Fsp3) is 0.0625. The van der Waals surface area contributed by atoms with E-state index < -0.39 is 0 Å². The largest absolute Gasteiger partial charge is 0.326 e. The first kappa shape index (κ1) is 12.2. The van der Waals surface area contributed by atoms with Crippen molar-refractivity contribution >= 4 is 22.4 Å². The fourth-order valence-corrected chi connectivity index (χ4v) is 2.48. The summed E-state index contributed by atoms with van der Waals surface area (Å²) >= 11 is 6.11. The summed E-state index contributed by atoms with van der Waals surface area (Å²) in [6.45, 7) is 0.482. The Morgan fingerprint density at radius 2 is 1.84 bits per heavy atom. The Kier molecular flexibility index (Phi) is 3.20. The van der Waals surface area contributed by atoms with Gasteiger partial charge in [0.25, 0.3) is 0 Å². The molecule has 1 heterocycles. The lowest BCUT2D eigenvalue weighted by molar-refractivity contribution is 1.07. The van der Waals surface area contributed by atoms with E-state index in [0.29, 0.717) is 11.6 Å². The highest BCUT2D eigenvalue weighted by molar-refractivity contribution is 6.31. The second-order valence-corrected chi connectivity index (χ2v) is 4.85. The molecule has 0 saturated carbocycles. The molecule has 0 unspecified atom stereocenters. The van der Waals surface area contributed by atoms with E-state index in [4.69, 9.17) is 17.3 Å². The summed E-state index contributed by atoms with van der Waals surface area (Å²) in [5.74, 6) is 0. The van der Waals surface area contributed by atoms with Gasteiger partial charge in [-0.3, -0.25) is 4.98 Å². The van der Waals surface area contributed by atoms with Crippen LogP contribution in [0.5, 0.6) is 0 Å². The summed E-state index contributed by atoms with van der Waals surface area (Å²) in [4.78, 5) is 4.31. The SMILES string of the molecule is NCc1ccc(Cl)cc1-c1cncc2ccccc12. The van der Waals surface area contributed by atoms with Crippen molar-refractivity contribution in [3.63, 3.8) is 0 Å². The van der Waals surface area contributed by atoms with E-state index in [1.807, 2.05) is 42.7 Å². The zero-order chi connectivity index (χ0) is 13.2. The van der Waals surface area contributed by atoms with Crippen LogP contribution in [-0.4, -0.2) is 4.98 Å². The van der Waals surface area contributed by atoms with Crippen LogP contribution in [-0.2, 0) is 6.54 Å². The van der Waals surface area contributed by atoms with Crippen molar-refractivity contribution in [2.45, 2.75) is 6.54 Å². The van der Waals surface area contributed by atoms with Gasteiger partial charge in [-0.05, 0) is 28.6 Å². The van der Waals surface area contributed by atoms with Gasteiger partial charge in [-0.1, -0.05) is 41.9 Å². The standard InChI is InChI=1S/C16H13ClN2/c17-13-6-5-11(8-18)15(7-13)16-10-19-9-12-3-1-2-4-14(12)16/h1-7,9-10H,8,18H2. The van der Waals surface area contributed by atoms with Gasteiger partial charge in [0.15, 0.2) is 0 Å². The Morgan fingerprint density at radius 1 is 1.00 bits per heavy atom. The normalized spacial score (nSPS) is 10.8. The second kappa shape index (κ2) is 5.00. The van der Waals surface area contributed by atoms with Gasteiger partial charge in [0, 0.05) is 34.9 Å². The van der Waals surface area contributed by atoms with Crippen LogP contribution in [0.1, 0.15) is 5.56 Å². The molecule has 3 rings (SSSR count). The molecule has 0 saturated heterocycles. The van der Waals surface area contributed by atoms with E-state index in [-0.39, 0.29) is 0 Å². The molecule has 3 heteroatoms. The minimum atomic E-state index is 0.482. The van der Waals surface area contributed by atoms with Gasteiger partial charge < -0.3 is 5.73 Å². The minimum absolute atomic E-state index is 0.482. The number of hydrogen-bond acceptors (Lipinski definition) is 2. The van der Waals surface area contributed by atoms with Crippen molar-refractivity contribution in [2.75, 3.05) is 0 Å². The first-order valence-electron chi connectivity index (χ1n) is 6.11. The van der Waals surface area contributed by atoms with Gasteiger partial charge in [0.2, 0.25) is 0 Å². The summed E-state index contributed by atoms with van der Waals surface area (Å²) in [7, 11) is 0. The molecule has 19 heavy (non-hydrogen) atoms. The highest BCUT2D eigenvalue weighted by Crippen LogP contribution is 2.31. The molecule has 0 fully saturated rings. The van der Waals surface area contributed by atoms with Crippen LogP contribution in [0.25, 0.3) is 21.9 Å². The molecule has 94 valence electrons. The molecule has 3 aromatic rings. The molecule has 0 aliphatic carbocycles. The molecule has 2 N–H and O–H groups in total. The summed E-state index contributed by atoms with van der Waals surface area (Å²) in [6.07, 6.45) is 3.73. The lowest BCUT2D eigenvalue weighted by atomic mass is 9.97. The molecule has 0 spiro atoms. The number of halogens is 1. The van der Waals surface area contributed by atoms with Gasteiger partial charge in [0.05, 0.1) is 0 Å². The monoisotopic (exact) mass is 268 g/mol.